The second kappa shape index (κ2) is 5.21. The summed E-state index contributed by atoms with van der Waals surface area (Å²) in [6.07, 6.45) is 0. The lowest BCUT2D eigenvalue weighted by Gasteiger charge is -2.05. The summed E-state index contributed by atoms with van der Waals surface area (Å²) in [5.41, 5.74) is 2.32. The van der Waals surface area contributed by atoms with Gasteiger partial charge in [-0.05, 0) is 24.3 Å². The van der Waals surface area contributed by atoms with Crippen molar-refractivity contribution in [1.29, 1.82) is 5.26 Å². The van der Waals surface area contributed by atoms with Gasteiger partial charge in [0.25, 0.3) is 0 Å². The summed E-state index contributed by atoms with van der Waals surface area (Å²) in [7, 11) is 0. The van der Waals surface area contributed by atoms with Gasteiger partial charge in [0.15, 0.2) is 0 Å². The van der Waals surface area contributed by atoms with Gasteiger partial charge in [0.05, 0.1) is 11.1 Å². The number of para-hydroxylation sites is 1. The van der Waals surface area contributed by atoms with Crippen LogP contribution in [0.2, 0.25) is 0 Å². The molecule has 0 atom stereocenters. The Balaban J connectivity index is 2.07. The topological polar surface area (TPSA) is 61.7 Å². The van der Waals surface area contributed by atoms with Crippen molar-refractivity contribution in [3.63, 3.8) is 0 Å². The number of rotatable bonds is 3. The average molecular weight is 285 g/mol. The van der Waals surface area contributed by atoms with E-state index >= 15 is 0 Å². The number of fused-ring (bicyclic) bond motifs is 1. The highest BCUT2D eigenvalue weighted by molar-refractivity contribution is 5.84. The average Bonchev–Trinajstić information content (AvgIpc) is 2.90. The number of benzene rings is 2. The largest absolute Gasteiger partial charge is 0.435 e. The molecule has 1 N–H and O–H groups in total. The standard InChI is InChI=1S/C15H9F2N3O/c16-15(17)21-11-5-1-3-9(7-11)14-19-12-6-2-4-10(8-18)13(12)20-14/h1-7,15H,(H,19,20). The minimum absolute atomic E-state index is 0.0588. The summed E-state index contributed by atoms with van der Waals surface area (Å²) in [6.45, 7) is -2.87. The maximum absolute atomic E-state index is 12.2. The van der Waals surface area contributed by atoms with E-state index in [0.717, 1.165) is 0 Å². The van der Waals surface area contributed by atoms with Crippen LogP contribution < -0.4 is 4.74 Å². The Labute approximate surface area is 118 Å². The molecule has 1 aromatic heterocycles. The van der Waals surface area contributed by atoms with E-state index in [4.69, 9.17) is 5.26 Å². The number of halogens is 2. The Morgan fingerprint density at radius 1 is 1.19 bits per heavy atom. The van der Waals surface area contributed by atoms with Gasteiger partial charge in [-0.3, -0.25) is 0 Å². The first-order valence-electron chi connectivity index (χ1n) is 6.11. The first-order chi connectivity index (χ1) is 10.2. The van der Waals surface area contributed by atoms with E-state index in [0.29, 0.717) is 28.0 Å². The molecule has 0 aliphatic heterocycles. The van der Waals surface area contributed by atoms with Crippen molar-refractivity contribution in [3.05, 3.63) is 48.0 Å². The molecule has 21 heavy (non-hydrogen) atoms. The molecule has 1 heterocycles. The van der Waals surface area contributed by atoms with Gasteiger partial charge in [-0.1, -0.05) is 18.2 Å². The quantitative estimate of drug-likeness (QED) is 0.798. The number of nitrogens with zero attached hydrogens (tertiary/aromatic N) is 2. The lowest BCUT2D eigenvalue weighted by Crippen LogP contribution is -2.01. The van der Waals surface area contributed by atoms with E-state index in [-0.39, 0.29) is 5.75 Å². The molecule has 0 saturated heterocycles. The number of H-pyrrole nitrogens is 1. The van der Waals surface area contributed by atoms with Crippen LogP contribution in [0.5, 0.6) is 5.75 Å². The van der Waals surface area contributed by atoms with Crippen LogP contribution in [-0.4, -0.2) is 16.6 Å². The molecule has 0 saturated carbocycles. The summed E-state index contributed by atoms with van der Waals surface area (Å²) in [5, 5.41) is 9.05. The lowest BCUT2D eigenvalue weighted by atomic mass is 10.2. The molecule has 0 amide bonds. The minimum atomic E-state index is -2.87. The summed E-state index contributed by atoms with van der Waals surface area (Å²) < 4.78 is 28.8. The zero-order valence-corrected chi connectivity index (χ0v) is 10.7. The number of nitriles is 1. The molecular weight excluding hydrogens is 276 g/mol. The molecule has 0 aliphatic carbocycles. The van der Waals surface area contributed by atoms with Gasteiger partial charge in [0.1, 0.15) is 23.2 Å². The van der Waals surface area contributed by atoms with Crippen molar-refractivity contribution in [2.75, 3.05) is 0 Å². The Kier molecular flexibility index (Phi) is 3.24. The Morgan fingerprint density at radius 2 is 2.00 bits per heavy atom. The SMILES string of the molecule is N#Cc1cccc2[nH]c(-c3cccc(OC(F)F)c3)nc12. The van der Waals surface area contributed by atoms with Gasteiger partial charge in [-0.15, -0.1) is 0 Å². The molecule has 0 bridgehead atoms. The first-order valence-corrected chi connectivity index (χ1v) is 6.11. The number of aromatic amines is 1. The Bertz CT molecular complexity index is 836. The van der Waals surface area contributed by atoms with Crippen LogP contribution in [0.1, 0.15) is 5.56 Å². The van der Waals surface area contributed by atoms with Gasteiger partial charge < -0.3 is 9.72 Å². The Morgan fingerprint density at radius 3 is 2.76 bits per heavy atom. The molecule has 0 aliphatic rings. The second-order valence-electron chi connectivity index (χ2n) is 4.31. The predicted octanol–water partition coefficient (Wildman–Crippen LogP) is 3.70. The van der Waals surface area contributed by atoms with Crippen molar-refractivity contribution in [3.8, 4) is 23.2 Å². The van der Waals surface area contributed by atoms with E-state index < -0.39 is 6.61 Å². The van der Waals surface area contributed by atoms with E-state index in [1.807, 2.05) is 0 Å². The molecule has 0 radical (unpaired) electrons. The molecule has 6 heteroatoms. The molecule has 0 spiro atoms. The monoisotopic (exact) mass is 285 g/mol. The van der Waals surface area contributed by atoms with Gasteiger partial charge in [0.2, 0.25) is 0 Å². The number of aromatic nitrogens is 2. The number of hydrogen-bond acceptors (Lipinski definition) is 3. The van der Waals surface area contributed by atoms with Gasteiger partial charge >= 0.3 is 6.61 Å². The minimum Gasteiger partial charge on any atom is -0.435 e. The highest BCUT2D eigenvalue weighted by Gasteiger charge is 2.10. The first kappa shape index (κ1) is 13.1. The zero-order chi connectivity index (χ0) is 14.8. The fraction of sp³-hybridized carbons (Fsp3) is 0.0667. The molecule has 2 aromatic carbocycles. The van der Waals surface area contributed by atoms with Crippen molar-refractivity contribution in [2.24, 2.45) is 0 Å². The molecule has 3 rings (SSSR count). The van der Waals surface area contributed by atoms with Crippen LogP contribution in [-0.2, 0) is 0 Å². The molecule has 0 unspecified atom stereocenters. The third-order valence-corrected chi connectivity index (χ3v) is 2.97. The van der Waals surface area contributed by atoms with Crippen molar-refractivity contribution in [1.82, 2.24) is 9.97 Å². The van der Waals surface area contributed by atoms with E-state index in [2.05, 4.69) is 20.8 Å². The zero-order valence-electron chi connectivity index (χ0n) is 10.7. The van der Waals surface area contributed by atoms with Crippen LogP contribution >= 0.6 is 0 Å². The smallest absolute Gasteiger partial charge is 0.387 e. The van der Waals surface area contributed by atoms with E-state index in [1.165, 1.54) is 12.1 Å². The molecule has 4 nitrogen and oxygen atoms in total. The second-order valence-corrected chi connectivity index (χ2v) is 4.31. The van der Waals surface area contributed by atoms with Crippen molar-refractivity contribution in [2.45, 2.75) is 6.61 Å². The van der Waals surface area contributed by atoms with Crippen LogP contribution in [0.15, 0.2) is 42.5 Å². The highest BCUT2D eigenvalue weighted by Crippen LogP contribution is 2.26. The van der Waals surface area contributed by atoms with Crippen LogP contribution in [0, 0.1) is 11.3 Å². The molecule has 3 aromatic rings. The van der Waals surface area contributed by atoms with Crippen molar-refractivity contribution < 1.29 is 13.5 Å². The van der Waals surface area contributed by atoms with E-state index in [1.54, 1.807) is 30.3 Å². The summed E-state index contributed by atoms with van der Waals surface area (Å²) in [5.74, 6) is 0.552. The molecule has 0 fully saturated rings. The molecular formula is C15H9F2N3O. The van der Waals surface area contributed by atoms with Gasteiger partial charge in [-0.25, -0.2) is 4.98 Å². The normalized spacial score (nSPS) is 10.8. The number of hydrogen-bond donors (Lipinski definition) is 1. The molecule has 104 valence electrons. The third kappa shape index (κ3) is 2.54. The van der Waals surface area contributed by atoms with Crippen LogP contribution in [0.3, 0.4) is 0 Å². The van der Waals surface area contributed by atoms with Gasteiger partial charge in [-0.2, -0.15) is 14.0 Å². The number of nitrogens with one attached hydrogen (secondary N) is 1. The van der Waals surface area contributed by atoms with E-state index in [9.17, 15) is 8.78 Å². The third-order valence-electron chi connectivity index (χ3n) is 2.97. The van der Waals surface area contributed by atoms with Crippen LogP contribution in [0.4, 0.5) is 8.78 Å². The number of imidazole rings is 1. The van der Waals surface area contributed by atoms with Crippen molar-refractivity contribution >= 4 is 11.0 Å². The fourth-order valence-corrected chi connectivity index (χ4v) is 2.08. The highest BCUT2D eigenvalue weighted by atomic mass is 19.3. The maximum atomic E-state index is 12.2. The number of alkyl halides is 2. The lowest BCUT2D eigenvalue weighted by molar-refractivity contribution is -0.0498. The summed E-state index contributed by atoms with van der Waals surface area (Å²) >= 11 is 0. The number of ether oxygens (including phenoxy) is 1. The Hall–Kier alpha value is -2.94. The van der Waals surface area contributed by atoms with Gasteiger partial charge in [0, 0.05) is 5.56 Å². The summed E-state index contributed by atoms with van der Waals surface area (Å²) in [4.78, 5) is 7.41. The summed E-state index contributed by atoms with van der Waals surface area (Å²) in [6, 6.07) is 13.5. The maximum Gasteiger partial charge on any atom is 0.387 e. The predicted molar refractivity (Wildman–Crippen MR) is 72.9 cm³/mol. The van der Waals surface area contributed by atoms with Crippen LogP contribution in [0.25, 0.3) is 22.4 Å². The fourth-order valence-electron chi connectivity index (χ4n) is 2.08.